The Kier molecular flexibility index (Phi) is 3.67. The monoisotopic (exact) mass is 483 g/mol. The Bertz CT molecular complexity index is 2260. The third-order valence-corrected chi connectivity index (χ3v) is 9.10. The Labute approximate surface area is 220 Å². The molecule has 1 heteroatoms. The zero-order valence-electron chi connectivity index (χ0n) is 21.4. The van der Waals surface area contributed by atoms with Gasteiger partial charge in [0.1, 0.15) is 0 Å². The lowest BCUT2D eigenvalue weighted by molar-refractivity contribution is 0.660. The van der Waals surface area contributed by atoms with Gasteiger partial charge in [-0.15, -0.1) is 0 Å². The maximum atomic E-state index is 2.48. The summed E-state index contributed by atoms with van der Waals surface area (Å²) in [5, 5.41) is 7.98. The molecule has 2 aromatic heterocycles. The van der Waals surface area contributed by atoms with Crippen LogP contribution in [0, 0.1) is 0 Å². The Balaban J connectivity index is 1.34. The fourth-order valence-electron chi connectivity index (χ4n) is 7.31. The molecule has 2 heterocycles. The normalized spacial score (nSPS) is 14.3. The highest BCUT2D eigenvalue weighted by molar-refractivity contribution is 6.31. The van der Waals surface area contributed by atoms with Crippen molar-refractivity contribution in [3.63, 3.8) is 0 Å². The Morgan fingerprint density at radius 1 is 0.500 bits per heavy atom. The summed E-state index contributed by atoms with van der Waals surface area (Å²) in [6, 6.07) is 43.0. The number of hydrogen-bond donors (Lipinski definition) is 0. The van der Waals surface area contributed by atoms with Crippen molar-refractivity contribution < 1.29 is 0 Å². The fraction of sp³-hybridized carbons (Fsp3) is 0.0811. The molecule has 178 valence electrons. The zero-order valence-corrected chi connectivity index (χ0v) is 21.4. The molecular formula is C37H25N. The van der Waals surface area contributed by atoms with Crippen LogP contribution in [0.4, 0.5) is 0 Å². The number of benzene rings is 6. The number of fused-ring (bicyclic) bond motifs is 11. The van der Waals surface area contributed by atoms with Crippen LogP contribution in [0.2, 0.25) is 0 Å². The minimum atomic E-state index is 0.000422. The third-order valence-electron chi connectivity index (χ3n) is 9.10. The van der Waals surface area contributed by atoms with Crippen LogP contribution in [0.25, 0.3) is 71.1 Å². The highest BCUT2D eigenvalue weighted by Crippen LogP contribution is 2.50. The van der Waals surface area contributed by atoms with Crippen LogP contribution in [-0.2, 0) is 5.41 Å². The molecule has 1 nitrogen and oxygen atoms in total. The summed E-state index contributed by atoms with van der Waals surface area (Å²) < 4.78 is 2.48. The molecule has 0 radical (unpaired) electrons. The Morgan fingerprint density at radius 3 is 2.11 bits per heavy atom. The van der Waals surface area contributed by atoms with E-state index in [4.69, 9.17) is 0 Å². The van der Waals surface area contributed by atoms with E-state index in [2.05, 4.69) is 134 Å². The molecule has 0 N–H and O–H groups in total. The quantitative estimate of drug-likeness (QED) is 0.219. The second-order valence-electron chi connectivity index (χ2n) is 11.4. The van der Waals surface area contributed by atoms with Crippen LogP contribution in [0.1, 0.15) is 25.0 Å². The summed E-state index contributed by atoms with van der Waals surface area (Å²) in [6.45, 7) is 4.71. The van der Waals surface area contributed by atoms with E-state index in [-0.39, 0.29) is 5.41 Å². The molecule has 9 rings (SSSR count). The second-order valence-corrected chi connectivity index (χ2v) is 11.4. The molecule has 0 atom stereocenters. The molecule has 1 aliphatic rings. The van der Waals surface area contributed by atoms with Gasteiger partial charge in [-0.05, 0) is 74.5 Å². The van der Waals surface area contributed by atoms with Gasteiger partial charge < -0.3 is 4.40 Å². The summed E-state index contributed by atoms with van der Waals surface area (Å²) >= 11 is 0. The van der Waals surface area contributed by atoms with Gasteiger partial charge in [0.05, 0.1) is 16.6 Å². The smallest absolute Gasteiger partial charge is 0.0626 e. The molecule has 0 saturated carbocycles. The summed E-state index contributed by atoms with van der Waals surface area (Å²) in [7, 11) is 0. The third kappa shape index (κ3) is 2.38. The first-order valence-electron chi connectivity index (χ1n) is 13.5. The maximum Gasteiger partial charge on any atom is 0.0626 e. The van der Waals surface area contributed by atoms with Crippen molar-refractivity contribution in [2.45, 2.75) is 19.3 Å². The maximum absolute atomic E-state index is 2.48. The largest absolute Gasteiger partial charge is 0.308 e. The molecule has 0 amide bonds. The Morgan fingerprint density at radius 2 is 1.18 bits per heavy atom. The van der Waals surface area contributed by atoms with Crippen molar-refractivity contribution in [3.05, 3.63) is 126 Å². The summed E-state index contributed by atoms with van der Waals surface area (Å²) in [4.78, 5) is 0. The highest BCUT2D eigenvalue weighted by atomic mass is 14.9. The van der Waals surface area contributed by atoms with E-state index < -0.39 is 0 Å². The molecule has 0 unspecified atom stereocenters. The molecule has 6 aromatic carbocycles. The number of para-hydroxylation sites is 1. The van der Waals surface area contributed by atoms with Crippen LogP contribution < -0.4 is 0 Å². The van der Waals surface area contributed by atoms with Gasteiger partial charge in [-0.3, -0.25) is 0 Å². The van der Waals surface area contributed by atoms with Gasteiger partial charge >= 0.3 is 0 Å². The summed E-state index contributed by atoms with van der Waals surface area (Å²) in [6.07, 6.45) is 0. The number of rotatable bonds is 1. The predicted octanol–water partition coefficient (Wildman–Crippen LogP) is 9.96. The molecule has 0 fully saturated rings. The average Bonchev–Trinajstić information content (AvgIpc) is 3.55. The van der Waals surface area contributed by atoms with Gasteiger partial charge in [0.15, 0.2) is 0 Å². The van der Waals surface area contributed by atoms with Crippen molar-refractivity contribution in [2.24, 2.45) is 0 Å². The van der Waals surface area contributed by atoms with Gasteiger partial charge in [-0.25, -0.2) is 0 Å². The highest BCUT2D eigenvalue weighted by Gasteiger charge is 2.35. The lowest BCUT2D eigenvalue weighted by Crippen LogP contribution is -2.14. The van der Waals surface area contributed by atoms with Gasteiger partial charge in [0, 0.05) is 27.0 Å². The zero-order chi connectivity index (χ0) is 25.2. The van der Waals surface area contributed by atoms with E-state index in [9.17, 15) is 0 Å². The van der Waals surface area contributed by atoms with Gasteiger partial charge in [0.2, 0.25) is 0 Å². The van der Waals surface area contributed by atoms with Crippen LogP contribution >= 0.6 is 0 Å². The number of nitrogens with zero attached hydrogens (tertiary/aromatic N) is 1. The molecule has 8 aromatic rings. The summed E-state index contributed by atoms with van der Waals surface area (Å²) in [5.74, 6) is 0. The lowest BCUT2D eigenvalue weighted by Gasteiger charge is -2.22. The van der Waals surface area contributed by atoms with Crippen LogP contribution in [0.3, 0.4) is 0 Å². The molecule has 0 aliphatic heterocycles. The van der Waals surface area contributed by atoms with Crippen molar-refractivity contribution in [2.75, 3.05) is 0 Å². The van der Waals surface area contributed by atoms with E-state index in [1.54, 1.807) is 0 Å². The van der Waals surface area contributed by atoms with Gasteiger partial charge in [-0.2, -0.15) is 0 Å². The second kappa shape index (κ2) is 6.82. The van der Waals surface area contributed by atoms with Crippen molar-refractivity contribution in [3.8, 4) is 22.3 Å². The van der Waals surface area contributed by atoms with E-state index in [1.165, 1.54) is 82.2 Å². The molecular weight excluding hydrogens is 458 g/mol. The van der Waals surface area contributed by atoms with Crippen LogP contribution in [-0.4, -0.2) is 4.40 Å². The first kappa shape index (κ1) is 20.4. The molecule has 0 bridgehead atoms. The van der Waals surface area contributed by atoms with Crippen LogP contribution in [0.5, 0.6) is 0 Å². The Hall–Kier alpha value is -4.62. The SMILES string of the molecule is CC1(C)c2ccccc2-c2ccc(-c3ccc4c(c3)c3cc5ccccc5c5c6ccccc6n4c35)cc21. The standard InChI is InChI=1S/C37H25N/c1-37(2)31-13-7-5-11-26(31)27-17-15-23(21-32(27)37)22-16-18-34-29(19-22)30-20-24-9-3-4-10-25(24)35-28-12-6-8-14-33(28)38(34)36(30)35/h3-21H,1-2H3. The fourth-order valence-corrected chi connectivity index (χ4v) is 7.31. The minimum absolute atomic E-state index is 0.000422. The van der Waals surface area contributed by atoms with E-state index in [0.29, 0.717) is 0 Å². The van der Waals surface area contributed by atoms with E-state index in [1.807, 2.05) is 0 Å². The molecule has 1 aliphatic carbocycles. The topological polar surface area (TPSA) is 4.41 Å². The molecule has 0 saturated heterocycles. The average molecular weight is 484 g/mol. The minimum Gasteiger partial charge on any atom is -0.308 e. The molecule has 0 spiro atoms. The van der Waals surface area contributed by atoms with Gasteiger partial charge in [-0.1, -0.05) is 98.8 Å². The number of hydrogen-bond acceptors (Lipinski definition) is 0. The van der Waals surface area contributed by atoms with Crippen molar-refractivity contribution in [1.82, 2.24) is 4.40 Å². The van der Waals surface area contributed by atoms with Crippen molar-refractivity contribution >= 4 is 48.9 Å². The van der Waals surface area contributed by atoms with E-state index in [0.717, 1.165) is 0 Å². The predicted molar refractivity (Wildman–Crippen MR) is 162 cm³/mol. The first-order chi connectivity index (χ1) is 18.6. The summed E-state index contributed by atoms with van der Waals surface area (Å²) in [5.41, 5.74) is 12.0. The van der Waals surface area contributed by atoms with Gasteiger partial charge in [0.25, 0.3) is 0 Å². The van der Waals surface area contributed by atoms with Crippen molar-refractivity contribution in [1.29, 1.82) is 0 Å². The number of aromatic nitrogens is 1. The molecule has 38 heavy (non-hydrogen) atoms. The first-order valence-corrected chi connectivity index (χ1v) is 13.5. The van der Waals surface area contributed by atoms with Crippen LogP contribution in [0.15, 0.2) is 115 Å². The van der Waals surface area contributed by atoms with E-state index >= 15 is 0 Å². The lowest BCUT2D eigenvalue weighted by atomic mass is 9.81.